The van der Waals surface area contributed by atoms with Gasteiger partial charge < -0.3 is 9.73 Å². The summed E-state index contributed by atoms with van der Waals surface area (Å²) in [5, 5.41) is 4.85. The fourth-order valence-corrected chi connectivity index (χ4v) is 3.40. The van der Waals surface area contributed by atoms with E-state index in [0.29, 0.717) is 6.04 Å². The standard InChI is InChI=1S/C14H17NOS/c1-2-14-12(3-6-16-14)9-11(1)10-15-13-4-7-17-8-5-13/h1-3,6,9,13,15H,4-5,7-8,10H2. The van der Waals surface area contributed by atoms with Crippen molar-refractivity contribution in [2.24, 2.45) is 0 Å². The summed E-state index contributed by atoms with van der Waals surface area (Å²) >= 11 is 2.07. The predicted octanol–water partition coefficient (Wildman–Crippen LogP) is 3.42. The molecule has 2 aromatic rings. The number of hydrogen-bond acceptors (Lipinski definition) is 3. The van der Waals surface area contributed by atoms with E-state index in [4.69, 9.17) is 4.42 Å². The van der Waals surface area contributed by atoms with Gasteiger partial charge in [0.1, 0.15) is 5.58 Å². The topological polar surface area (TPSA) is 25.2 Å². The first-order chi connectivity index (χ1) is 8.42. The minimum Gasteiger partial charge on any atom is -0.464 e. The molecule has 17 heavy (non-hydrogen) atoms. The normalized spacial score (nSPS) is 17.6. The van der Waals surface area contributed by atoms with E-state index >= 15 is 0 Å². The largest absolute Gasteiger partial charge is 0.464 e. The Balaban J connectivity index is 1.63. The number of furan rings is 1. The molecule has 1 aliphatic heterocycles. The molecule has 0 unspecified atom stereocenters. The van der Waals surface area contributed by atoms with Crippen LogP contribution in [0.25, 0.3) is 11.0 Å². The summed E-state index contributed by atoms with van der Waals surface area (Å²) in [6, 6.07) is 9.15. The minimum absolute atomic E-state index is 0.705. The third-order valence-electron chi connectivity index (χ3n) is 3.33. The molecule has 3 rings (SSSR count). The third-order valence-corrected chi connectivity index (χ3v) is 4.38. The van der Waals surface area contributed by atoms with Crippen LogP contribution in [0, 0.1) is 0 Å². The molecular formula is C14H17NOS. The molecule has 1 N–H and O–H groups in total. The van der Waals surface area contributed by atoms with Crippen molar-refractivity contribution in [1.82, 2.24) is 5.32 Å². The van der Waals surface area contributed by atoms with Gasteiger partial charge in [0.05, 0.1) is 6.26 Å². The molecule has 0 bridgehead atoms. The van der Waals surface area contributed by atoms with Crippen LogP contribution < -0.4 is 5.32 Å². The van der Waals surface area contributed by atoms with Crippen molar-refractivity contribution in [3.05, 3.63) is 36.1 Å². The van der Waals surface area contributed by atoms with E-state index in [9.17, 15) is 0 Å². The molecule has 0 aliphatic carbocycles. The lowest BCUT2D eigenvalue weighted by molar-refractivity contribution is 0.482. The molecule has 1 aromatic heterocycles. The second-order valence-corrected chi connectivity index (χ2v) is 5.79. The Hall–Kier alpha value is -0.930. The van der Waals surface area contributed by atoms with Crippen LogP contribution in [0.4, 0.5) is 0 Å². The van der Waals surface area contributed by atoms with E-state index in [2.05, 4.69) is 35.3 Å². The molecule has 0 saturated carbocycles. The van der Waals surface area contributed by atoms with Gasteiger partial charge in [0.15, 0.2) is 0 Å². The third kappa shape index (κ3) is 2.67. The highest BCUT2D eigenvalue weighted by Gasteiger charge is 2.12. The summed E-state index contributed by atoms with van der Waals surface area (Å²) in [6.07, 6.45) is 4.36. The Morgan fingerprint density at radius 1 is 1.24 bits per heavy atom. The van der Waals surface area contributed by atoms with Gasteiger partial charge in [-0.3, -0.25) is 0 Å². The van der Waals surface area contributed by atoms with Gasteiger partial charge in [0.25, 0.3) is 0 Å². The van der Waals surface area contributed by atoms with Gasteiger partial charge in [-0.15, -0.1) is 0 Å². The first-order valence-corrected chi connectivity index (χ1v) is 7.34. The van der Waals surface area contributed by atoms with Gasteiger partial charge in [-0.05, 0) is 48.1 Å². The van der Waals surface area contributed by atoms with E-state index in [0.717, 1.165) is 12.1 Å². The quantitative estimate of drug-likeness (QED) is 0.899. The summed E-state index contributed by atoms with van der Waals surface area (Å²) in [6.45, 7) is 0.969. The van der Waals surface area contributed by atoms with E-state index in [1.54, 1.807) is 6.26 Å². The molecule has 0 radical (unpaired) electrons. The van der Waals surface area contributed by atoms with Crippen molar-refractivity contribution in [3.8, 4) is 0 Å². The minimum atomic E-state index is 0.705. The zero-order valence-corrected chi connectivity index (χ0v) is 10.6. The van der Waals surface area contributed by atoms with E-state index in [1.807, 2.05) is 6.07 Å². The number of nitrogens with one attached hydrogen (secondary N) is 1. The molecule has 2 heterocycles. The van der Waals surface area contributed by atoms with Crippen molar-refractivity contribution in [3.63, 3.8) is 0 Å². The van der Waals surface area contributed by atoms with E-state index in [-0.39, 0.29) is 0 Å². The summed E-state index contributed by atoms with van der Waals surface area (Å²) in [5.74, 6) is 2.61. The van der Waals surface area contributed by atoms with Crippen LogP contribution in [0.2, 0.25) is 0 Å². The second-order valence-electron chi connectivity index (χ2n) is 4.56. The molecule has 1 saturated heterocycles. The molecule has 2 nitrogen and oxygen atoms in total. The first kappa shape index (κ1) is 11.2. The van der Waals surface area contributed by atoms with Crippen LogP contribution in [0.3, 0.4) is 0 Å². The zero-order chi connectivity index (χ0) is 11.5. The van der Waals surface area contributed by atoms with Crippen molar-refractivity contribution in [2.75, 3.05) is 11.5 Å². The lowest BCUT2D eigenvalue weighted by Gasteiger charge is -2.22. The van der Waals surface area contributed by atoms with Crippen LogP contribution in [0.1, 0.15) is 18.4 Å². The average Bonchev–Trinajstić information content (AvgIpc) is 2.85. The van der Waals surface area contributed by atoms with Crippen molar-refractivity contribution in [2.45, 2.75) is 25.4 Å². The van der Waals surface area contributed by atoms with Crippen LogP contribution in [-0.4, -0.2) is 17.5 Å². The number of thioether (sulfide) groups is 1. The lowest BCUT2D eigenvalue weighted by atomic mass is 10.1. The maximum atomic E-state index is 5.34. The number of rotatable bonds is 3. The average molecular weight is 247 g/mol. The summed E-state index contributed by atoms with van der Waals surface area (Å²) < 4.78 is 5.34. The Kier molecular flexibility index (Phi) is 3.39. The van der Waals surface area contributed by atoms with E-state index < -0.39 is 0 Å². The van der Waals surface area contributed by atoms with Crippen molar-refractivity contribution in [1.29, 1.82) is 0 Å². The highest BCUT2D eigenvalue weighted by molar-refractivity contribution is 7.99. The molecule has 90 valence electrons. The fourth-order valence-electron chi connectivity index (χ4n) is 2.29. The Bertz CT molecular complexity index is 488. The first-order valence-electron chi connectivity index (χ1n) is 6.19. The van der Waals surface area contributed by atoms with Gasteiger partial charge >= 0.3 is 0 Å². The molecule has 1 aliphatic rings. The summed E-state index contributed by atoms with van der Waals surface area (Å²) in [5.41, 5.74) is 2.32. The maximum absolute atomic E-state index is 5.34. The highest BCUT2D eigenvalue weighted by Crippen LogP contribution is 2.19. The molecule has 0 spiro atoms. The number of benzene rings is 1. The van der Waals surface area contributed by atoms with Crippen molar-refractivity contribution < 1.29 is 4.42 Å². The van der Waals surface area contributed by atoms with E-state index in [1.165, 1.54) is 35.3 Å². The SMILES string of the molecule is c1cc2cc(CNC3CCSCC3)ccc2o1. The van der Waals surface area contributed by atoms with Gasteiger partial charge in [-0.1, -0.05) is 6.07 Å². The van der Waals surface area contributed by atoms with Crippen LogP contribution in [0.15, 0.2) is 34.9 Å². The van der Waals surface area contributed by atoms with Crippen LogP contribution in [-0.2, 0) is 6.54 Å². The number of fused-ring (bicyclic) bond motifs is 1. The second kappa shape index (κ2) is 5.15. The smallest absolute Gasteiger partial charge is 0.133 e. The molecular weight excluding hydrogens is 230 g/mol. The summed E-state index contributed by atoms with van der Waals surface area (Å²) in [7, 11) is 0. The molecule has 0 atom stereocenters. The molecule has 0 amide bonds. The maximum Gasteiger partial charge on any atom is 0.133 e. The number of hydrogen-bond donors (Lipinski definition) is 1. The van der Waals surface area contributed by atoms with Gasteiger partial charge in [-0.2, -0.15) is 11.8 Å². The van der Waals surface area contributed by atoms with Gasteiger partial charge in [0, 0.05) is 18.0 Å². The fraction of sp³-hybridized carbons (Fsp3) is 0.429. The van der Waals surface area contributed by atoms with Gasteiger partial charge in [-0.25, -0.2) is 0 Å². The highest BCUT2D eigenvalue weighted by atomic mass is 32.2. The monoisotopic (exact) mass is 247 g/mol. The zero-order valence-electron chi connectivity index (χ0n) is 9.82. The molecule has 3 heteroatoms. The molecule has 1 fully saturated rings. The Labute approximate surface area is 106 Å². The Morgan fingerprint density at radius 3 is 3.00 bits per heavy atom. The molecule has 1 aromatic carbocycles. The Morgan fingerprint density at radius 2 is 2.12 bits per heavy atom. The lowest BCUT2D eigenvalue weighted by Crippen LogP contribution is -2.31. The van der Waals surface area contributed by atoms with Gasteiger partial charge in [0.2, 0.25) is 0 Å². The predicted molar refractivity (Wildman–Crippen MR) is 73.4 cm³/mol. The van der Waals surface area contributed by atoms with Crippen LogP contribution >= 0.6 is 11.8 Å². The van der Waals surface area contributed by atoms with Crippen LogP contribution in [0.5, 0.6) is 0 Å². The van der Waals surface area contributed by atoms with Crippen molar-refractivity contribution >= 4 is 22.7 Å². The summed E-state index contributed by atoms with van der Waals surface area (Å²) in [4.78, 5) is 0.